The van der Waals surface area contributed by atoms with E-state index >= 15 is 0 Å². The van der Waals surface area contributed by atoms with Gasteiger partial charge < -0.3 is 4.90 Å². The van der Waals surface area contributed by atoms with Gasteiger partial charge in [-0.3, -0.25) is 0 Å². The molecular weight excluding hydrogens is 711 g/mol. The first-order chi connectivity index (χ1) is 28.8. The normalized spacial score (nSPS) is 14.0. The summed E-state index contributed by atoms with van der Waals surface area (Å²) in [4.78, 5) is 2.50. The Morgan fingerprint density at radius 2 is 0.831 bits per heavy atom. The van der Waals surface area contributed by atoms with Gasteiger partial charge in [-0.05, 0) is 119 Å². The monoisotopic (exact) mass is 755 g/mol. The average molecular weight is 756 g/mol. The predicted molar refractivity (Wildman–Crippen MR) is 250 cm³/mol. The molecule has 0 aromatic heterocycles. The van der Waals surface area contributed by atoms with Gasteiger partial charge in [-0.15, -0.1) is 0 Å². The first-order valence-corrected chi connectivity index (χ1v) is 20.8. The highest BCUT2D eigenvalue weighted by Crippen LogP contribution is 2.56. The van der Waals surface area contributed by atoms with Crippen LogP contribution in [0.25, 0.3) is 66.4 Å². The van der Waals surface area contributed by atoms with Gasteiger partial charge in [0.15, 0.2) is 0 Å². The molecule has 0 saturated heterocycles. The van der Waals surface area contributed by atoms with Crippen molar-refractivity contribution in [3.63, 3.8) is 0 Å². The van der Waals surface area contributed by atoms with E-state index in [1.165, 1.54) is 88.7 Å². The first kappa shape index (κ1) is 35.2. The summed E-state index contributed by atoms with van der Waals surface area (Å²) in [6.07, 6.45) is 0. The summed E-state index contributed by atoms with van der Waals surface area (Å²) in [5, 5.41) is 2.63. The third kappa shape index (κ3) is 5.45. The fourth-order valence-electron chi connectivity index (χ4n) is 10.3. The molecule has 0 N–H and O–H groups in total. The van der Waals surface area contributed by atoms with Crippen molar-refractivity contribution in [3.05, 3.63) is 222 Å². The molecule has 0 heterocycles. The molecule has 0 saturated carbocycles. The number of fused-ring (bicyclic) bond motifs is 8. The Kier molecular flexibility index (Phi) is 7.94. The van der Waals surface area contributed by atoms with Gasteiger partial charge in [0.05, 0.1) is 5.69 Å². The van der Waals surface area contributed by atoms with Gasteiger partial charge in [0.2, 0.25) is 0 Å². The van der Waals surface area contributed by atoms with Crippen molar-refractivity contribution in [2.45, 2.75) is 38.5 Å². The van der Waals surface area contributed by atoms with Crippen LogP contribution in [0, 0.1) is 0 Å². The van der Waals surface area contributed by atoms with Crippen LogP contribution in [0.1, 0.15) is 49.9 Å². The molecule has 0 radical (unpaired) electrons. The molecule has 0 atom stereocenters. The Balaban J connectivity index is 1.13. The van der Waals surface area contributed by atoms with E-state index in [2.05, 4.69) is 233 Å². The molecule has 0 aliphatic heterocycles. The Bertz CT molecular complexity index is 3080. The summed E-state index contributed by atoms with van der Waals surface area (Å²) >= 11 is 0. The number of hydrogen-bond donors (Lipinski definition) is 0. The number of anilines is 3. The zero-order valence-corrected chi connectivity index (χ0v) is 34.0. The minimum atomic E-state index is -0.176. The third-order valence-corrected chi connectivity index (χ3v) is 13.3. The zero-order chi connectivity index (χ0) is 39.9. The van der Waals surface area contributed by atoms with E-state index in [4.69, 9.17) is 0 Å². The summed E-state index contributed by atoms with van der Waals surface area (Å²) in [6.45, 7) is 9.55. The SMILES string of the molecule is CC1(C)c2ccccc2-c2ccc(N(c3ccc4c(c3)-c3cc(-c5ccccc5)c5ccccc5c3C4(C)C)c3ccccc3-c3ccc(-c4ccccc4)cc3)cc21. The van der Waals surface area contributed by atoms with E-state index in [0.29, 0.717) is 0 Å². The Morgan fingerprint density at radius 3 is 1.59 bits per heavy atom. The first-order valence-electron chi connectivity index (χ1n) is 20.8. The summed E-state index contributed by atoms with van der Waals surface area (Å²) in [6, 6.07) is 74.2. The van der Waals surface area contributed by atoms with Gasteiger partial charge in [-0.25, -0.2) is 0 Å². The van der Waals surface area contributed by atoms with Gasteiger partial charge in [-0.1, -0.05) is 191 Å². The van der Waals surface area contributed by atoms with Crippen LogP contribution in [0.15, 0.2) is 200 Å². The minimum absolute atomic E-state index is 0.129. The quantitative estimate of drug-likeness (QED) is 0.163. The van der Waals surface area contributed by atoms with E-state index in [0.717, 1.165) is 17.1 Å². The number of benzene rings is 9. The van der Waals surface area contributed by atoms with Crippen molar-refractivity contribution in [3.8, 4) is 55.6 Å². The van der Waals surface area contributed by atoms with Crippen LogP contribution in [0.4, 0.5) is 17.1 Å². The predicted octanol–water partition coefficient (Wildman–Crippen LogP) is 15.9. The van der Waals surface area contributed by atoms with Crippen LogP contribution in [-0.4, -0.2) is 0 Å². The molecule has 2 aliphatic carbocycles. The van der Waals surface area contributed by atoms with Crippen molar-refractivity contribution in [2.24, 2.45) is 0 Å². The van der Waals surface area contributed by atoms with Gasteiger partial charge in [0.25, 0.3) is 0 Å². The van der Waals surface area contributed by atoms with Gasteiger partial charge in [0.1, 0.15) is 0 Å². The minimum Gasteiger partial charge on any atom is -0.310 e. The lowest BCUT2D eigenvalue weighted by Crippen LogP contribution is -2.17. The van der Waals surface area contributed by atoms with Crippen molar-refractivity contribution in [1.29, 1.82) is 0 Å². The molecule has 9 aromatic rings. The number of rotatable bonds is 6. The highest BCUT2D eigenvalue weighted by atomic mass is 15.1. The molecular formula is C58H45N. The van der Waals surface area contributed by atoms with Crippen LogP contribution in [-0.2, 0) is 10.8 Å². The second-order valence-electron chi connectivity index (χ2n) is 17.3. The van der Waals surface area contributed by atoms with E-state index < -0.39 is 0 Å². The second-order valence-corrected chi connectivity index (χ2v) is 17.3. The van der Waals surface area contributed by atoms with E-state index in [1.54, 1.807) is 0 Å². The van der Waals surface area contributed by atoms with E-state index in [1.807, 2.05) is 0 Å². The molecule has 0 spiro atoms. The summed E-state index contributed by atoms with van der Waals surface area (Å²) in [7, 11) is 0. The second kappa shape index (κ2) is 13.3. The van der Waals surface area contributed by atoms with Crippen molar-refractivity contribution in [1.82, 2.24) is 0 Å². The van der Waals surface area contributed by atoms with Crippen molar-refractivity contribution in [2.75, 3.05) is 4.90 Å². The van der Waals surface area contributed by atoms with Gasteiger partial charge in [0, 0.05) is 27.8 Å². The standard InChI is InChI=1S/C58H45N/c1-57(2)52-25-15-13-23-46(52)47-33-31-43(36-54(47)57)59(55-26-16-14-21-44(55)41-29-27-39(28-30-41)38-17-7-5-8-18-38)42-32-34-53-50(35-42)51-37-49(40-19-9-6-10-20-40)45-22-11-12-24-48(45)56(51)58(53,3)4/h5-37H,1-4H3. The molecule has 0 fully saturated rings. The summed E-state index contributed by atoms with van der Waals surface area (Å²) in [5.41, 5.74) is 21.3. The molecule has 0 unspecified atom stereocenters. The Hall–Kier alpha value is -6.96. The number of para-hydroxylation sites is 1. The van der Waals surface area contributed by atoms with E-state index in [9.17, 15) is 0 Å². The lowest BCUT2D eigenvalue weighted by molar-refractivity contribution is 0.660. The molecule has 9 aromatic carbocycles. The van der Waals surface area contributed by atoms with Crippen LogP contribution in [0.5, 0.6) is 0 Å². The fraction of sp³-hybridized carbons (Fsp3) is 0.103. The molecule has 11 rings (SSSR count). The number of hydrogen-bond acceptors (Lipinski definition) is 1. The Labute approximate surface area is 347 Å². The van der Waals surface area contributed by atoms with E-state index in [-0.39, 0.29) is 10.8 Å². The Morgan fingerprint density at radius 1 is 0.305 bits per heavy atom. The molecule has 282 valence electrons. The van der Waals surface area contributed by atoms with Crippen LogP contribution < -0.4 is 4.90 Å². The fourth-order valence-corrected chi connectivity index (χ4v) is 10.3. The molecule has 1 nitrogen and oxygen atoms in total. The van der Waals surface area contributed by atoms with Crippen molar-refractivity contribution < 1.29 is 0 Å². The molecule has 1 heteroatoms. The largest absolute Gasteiger partial charge is 0.310 e. The highest BCUT2D eigenvalue weighted by Gasteiger charge is 2.39. The lowest BCUT2D eigenvalue weighted by atomic mass is 9.79. The van der Waals surface area contributed by atoms with Crippen molar-refractivity contribution >= 4 is 27.8 Å². The maximum Gasteiger partial charge on any atom is 0.0540 e. The smallest absolute Gasteiger partial charge is 0.0540 e. The molecule has 2 aliphatic rings. The maximum atomic E-state index is 2.50. The molecule has 59 heavy (non-hydrogen) atoms. The zero-order valence-electron chi connectivity index (χ0n) is 34.0. The van der Waals surface area contributed by atoms with Gasteiger partial charge >= 0.3 is 0 Å². The van der Waals surface area contributed by atoms with Crippen LogP contribution in [0.2, 0.25) is 0 Å². The summed E-state index contributed by atoms with van der Waals surface area (Å²) in [5.74, 6) is 0. The highest BCUT2D eigenvalue weighted by molar-refractivity contribution is 6.06. The van der Waals surface area contributed by atoms with Crippen LogP contribution in [0.3, 0.4) is 0 Å². The van der Waals surface area contributed by atoms with Crippen LogP contribution >= 0.6 is 0 Å². The lowest BCUT2D eigenvalue weighted by Gasteiger charge is -2.30. The maximum absolute atomic E-state index is 2.50. The molecule has 0 bridgehead atoms. The summed E-state index contributed by atoms with van der Waals surface area (Å²) < 4.78 is 0. The van der Waals surface area contributed by atoms with Gasteiger partial charge in [-0.2, -0.15) is 0 Å². The third-order valence-electron chi connectivity index (χ3n) is 13.3. The average Bonchev–Trinajstić information content (AvgIpc) is 3.66. The molecule has 0 amide bonds. The topological polar surface area (TPSA) is 3.24 Å². The number of nitrogens with zero attached hydrogens (tertiary/aromatic N) is 1.